The molecule has 1 aliphatic rings. The van der Waals surface area contributed by atoms with Gasteiger partial charge in [-0.1, -0.05) is 63.6 Å². The van der Waals surface area contributed by atoms with Crippen LogP contribution in [0.2, 0.25) is 0 Å². The Bertz CT molecular complexity index is 1080. The Kier molecular flexibility index (Phi) is 14.1. The number of hydrogen-bond acceptors (Lipinski definition) is 6. The number of carbonyl (C=O) groups excluding carboxylic acids is 1. The second kappa shape index (κ2) is 17.8. The van der Waals surface area contributed by atoms with E-state index in [1.54, 1.807) is 7.11 Å². The third-order valence-electron chi connectivity index (χ3n) is 7.26. The first-order valence-corrected chi connectivity index (χ1v) is 15.3. The van der Waals surface area contributed by atoms with Gasteiger partial charge < -0.3 is 20.1 Å². The highest BCUT2D eigenvalue weighted by atomic mass is 16.5. The molecular formula is C33H51N5O3. The molecule has 226 valence electrons. The molecule has 1 aliphatic heterocycles. The van der Waals surface area contributed by atoms with Gasteiger partial charge in [-0.05, 0) is 41.5 Å². The number of nitrogens with one attached hydrogen (secondary N) is 1. The van der Waals surface area contributed by atoms with Crippen molar-refractivity contribution < 1.29 is 14.3 Å². The van der Waals surface area contributed by atoms with Gasteiger partial charge >= 0.3 is 0 Å². The topological polar surface area (TPSA) is 92.4 Å². The number of aliphatic imine (C=N–C) groups is 1. The van der Waals surface area contributed by atoms with Crippen LogP contribution in [0.3, 0.4) is 0 Å². The Hall–Kier alpha value is -2.94. The fourth-order valence-corrected chi connectivity index (χ4v) is 5.02. The van der Waals surface area contributed by atoms with Gasteiger partial charge in [0, 0.05) is 77.9 Å². The second-order valence-corrected chi connectivity index (χ2v) is 11.4. The first-order chi connectivity index (χ1) is 19.9. The number of amides is 1. The van der Waals surface area contributed by atoms with Crippen molar-refractivity contribution in [3.63, 3.8) is 0 Å². The maximum Gasteiger partial charge on any atom is 0.226 e. The van der Waals surface area contributed by atoms with E-state index in [1.165, 1.54) is 12.1 Å². The lowest BCUT2D eigenvalue weighted by Gasteiger charge is -2.35. The number of ether oxygens (including phenoxy) is 2. The number of nitrogens with zero attached hydrogens (tertiary/aromatic N) is 3. The maximum atomic E-state index is 12.4. The predicted molar refractivity (Wildman–Crippen MR) is 168 cm³/mol. The third kappa shape index (κ3) is 11.8. The molecule has 1 amide bonds. The van der Waals surface area contributed by atoms with Gasteiger partial charge in [0.05, 0.1) is 6.61 Å². The molecule has 0 aliphatic carbocycles. The summed E-state index contributed by atoms with van der Waals surface area (Å²) in [6, 6.07) is 15.1. The molecule has 0 unspecified atom stereocenters. The summed E-state index contributed by atoms with van der Waals surface area (Å²) >= 11 is 0. The van der Waals surface area contributed by atoms with Crippen molar-refractivity contribution in [2.24, 2.45) is 16.6 Å². The highest BCUT2D eigenvalue weighted by Crippen LogP contribution is 2.32. The monoisotopic (exact) mass is 565 g/mol. The molecule has 3 N–H and O–H groups in total. The molecule has 0 bridgehead atoms. The number of aryl methyl sites for hydroxylation is 1. The zero-order valence-electron chi connectivity index (χ0n) is 25.7. The Morgan fingerprint density at radius 3 is 2.39 bits per heavy atom. The standard InChI is InChI=1S/C33H51N5O3/c1-5-6-16-35-33(34)36-32(39)15-11-27-10-14-30(31(23-27)41-22-7-21-40-4)29-12-8-28(9-13-29)25-38-19-17-37(18-20-38)24-26(2)3/h8-10,12-14,23,26H,5-7,11,15-22,24-25H2,1-4H3,(H3,34,35,36,39). The van der Waals surface area contributed by atoms with Crippen molar-refractivity contribution in [2.75, 3.05) is 59.6 Å². The van der Waals surface area contributed by atoms with Gasteiger partial charge in [-0.3, -0.25) is 20.0 Å². The lowest BCUT2D eigenvalue weighted by molar-refractivity contribution is -0.119. The molecule has 8 heteroatoms. The molecule has 1 fully saturated rings. The van der Waals surface area contributed by atoms with E-state index in [-0.39, 0.29) is 11.9 Å². The molecule has 0 spiro atoms. The average Bonchev–Trinajstić information content (AvgIpc) is 2.96. The summed E-state index contributed by atoms with van der Waals surface area (Å²) in [6.07, 6.45) is 3.72. The van der Waals surface area contributed by atoms with Crippen LogP contribution in [0.25, 0.3) is 11.1 Å². The van der Waals surface area contributed by atoms with E-state index < -0.39 is 0 Å². The lowest BCUT2D eigenvalue weighted by atomic mass is 9.99. The van der Waals surface area contributed by atoms with Crippen LogP contribution in [0, 0.1) is 5.92 Å². The minimum absolute atomic E-state index is 0.133. The summed E-state index contributed by atoms with van der Waals surface area (Å²) < 4.78 is 11.4. The highest BCUT2D eigenvalue weighted by molar-refractivity contribution is 5.96. The third-order valence-corrected chi connectivity index (χ3v) is 7.26. The number of nitrogens with two attached hydrogens (primary N) is 1. The summed E-state index contributed by atoms with van der Waals surface area (Å²) in [7, 11) is 1.70. The molecule has 2 aromatic carbocycles. The molecule has 0 atom stereocenters. The van der Waals surface area contributed by atoms with Gasteiger partial charge in [0.2, 0.25) is 5.91 Å². The summed E-state index contributed by atoms with van der Waals surface area (Å²) in [5, 5.41) is 2.69. The van der Waals surface area contributed by atoms with Crippen LogP contribution in [-0.2, 0) is 22.5 Å². The van der Waals surface area contributed by atoms with Crippen LogP contribution in [0.15, 0.2) is 47.5 Å². The van der Waals surface area contributed by atoms with E-state index in [1.807, 2.05) is 0 Å². The van der Waals surface area contributed by atoms with Crippen molar-refractivity contribution >= 4 is 11.9 Å². The van der Waals surface area contributed by atoms with Crippen LogP contribution in [0.5, 0.6) is 5.75 Å². The quantitative estimate of drug-likeness (QED) is 0.174. The summed E-state index contributed by atoms with van der Waals surface area (Å²) in [4.78, 5) is 21.7. The molecule has 0 saturated carbocycles. The zero-order chi connectivity index (χ0) is 29.5. The fourth-order valence-electron chi connectivity index (χ4n) is 5.02. The van der Waals surface area contributed by atoms with E-state index in [4.69, 9.17) is 15.2 Å². The van der Waals surface area contributed by atoms with Gasteiger partial charge in [-0.15, -0.1) is 0 Å². The van der Waals surface area contributed by atoms with E-state index in [2.05, 4.69) is 83.3 Å². The van der Waals surface area contributed by atoms with Gasteiger partial charge in [0.1, 0.15) is 5.75 Å². The van der Waals surface area contributed by atoms with Crippen molar-refractivity contribution in [2.45, 2.75) is 59.4 Å². The van der Waals surface area contributed by atoms with E-state index in [0.717, 1.165) is 80.3 Å². The highest BCUT2D eigenvalue weighted by Gasteiger charge is 2.18. The molecule has 2 aromatic rings. The van der Waals surface area contributed by atoms with Gasteiger partial charge in [-0.25, -0.2) is 0 Å². The molecular weight excluding hydrogens is 514 g/mol. The van der Waals surface area contributed by atoms with Crippen LogP contribution in [0.4, 0.5) is 0 Å². The summed E-state index contributed by atoms with van der Waals surface area (Å²) in [5.41, 5.74) is 10.4. The number of unbranched alkanes of at least 4 members (excludes halogenated alkanes) is 1. The number of guanidine groups is 1. The summed E-state index contributed by atoms with van der Waals surface area (Å²) in [5.74, 6) is 1.61. The van der Waals surface area contributed by atoms with Crippen LogP contribution < -0.4 is 15.8 Å². The van der Waals surface area contributed by atoms with E-state index in [0.29, 0.717) is 32.6 Å². The van der Waals surface area contributed by atoms with Gasteiger partial charge in [-0.2, -0.15) is 0 Å². The molecule has 0 aromatic heterocycles. The number of benzene rings is 2. The Labute approximate surface area is 247 Å². The second-order valence-electron chi connectivity index (χ2n) is 11.4. The number of rotatable bonds is 16. The molecule has 0 radical (unpaired) electrons. The van der Waals surface area contributed by atoms with Crippen LogP contribution in [0.1, 0.15) is 57.6 Å². The molecule has 1 saturated heterocycles. The lowest BCUT2D eigenvalue weighted by Crippen LogP contribution is -2.46. The Balaban J connectivity index is 1.62. The molecule has 8 nitrogen and oxygen atoms in total. The first-order valence-electron chi connectivity index (χ1n) is 15.3. The van der Waals surface area contributed by atoms with Crippen molar-refractivity contribution in [1.82, 2.24) is 15.1 Å². The number of hydrogen-bond donors (Lipinski definition) is 2. The molecule has 1 heterocycles. The Morgan fingerprint density at radius 1 is 1.00 bits per heavy atom. The SMILES string of the molecule is CCCCN=C(N)NC(=O)CCc1ccc(-c2ccc(CN3CCN(CC(C)C)CC3)cc2)c(OCCCOC)c1. The normalized spacial score (nSPS) is 14.9. The smallest absolute Gasteiger partial charge is 0.226 e. The predicted octanol–water partition coefficient (Wildman–Crippen LogP) is 4.71. The van der Waals surface area contributed by atoms with E-state index >= 15 is 0 Å². The number of carbonyl (C=O) groups is 1. The fraction of sp³-hybridized carbons (Fsp3) is 0.576. The average molecular weight is 566 g/mol. The van der Waals surface area contributed by atoms with Gasteiger partial charge in [0.15, 0.2) is 5.96 Å². The zero-order valence-corrected chi connectivity index (χ0v) is 25.7. The van der Waals surface area contributed by atoms with Crippen LogP contribution in [-0.4, -0.2) is 81.3 Å². The number of piperazine rings is 1. The summed E-state index contributed by atoms with van der Waals surface area (Å²) in [6.45, 7) is 15.2. The van der Waals surface area contributed by atoms with E-state index in [9.17, 15) is 4.79 Å². The Morgan fingerprint density at radius 2 is 1.71 bits per heavy atom. The van der Waals surface area contributed by atoms with Crippen molar-refractivity contribution in [1.29, 1.82) is 0 Å². The van der Waals surface area contributed by atoms with Crippen LogP contribution >= 0.6 is 0 Å². The minimum Gasteiger partial charge on any atom is -0.493 e. The molecule has 3 rings (SSSR count). The van der Waals surface area contributed by atoms with Gasteiger partial charge in [0.25, 0.3) is 0 Å². The minimum atomic E-state index is -0.133. The largest absolute Gasteiger partial charge is 0.493 e. The number of methoxy groups -OCH3 is 1. The van der Waals surface area contributed by atoms with Crippen molar-refractivity contribution in [3.05, 3.63) is 53.6 Å². The van der Waals surface area contributed by atoms with Crippen molar-refractivity contribution in [3.8, 4) is 16.9 Å². The maximum absolute atomic E-state index is 12.4. The molecule has 41 heavy (non-hydrogen) atoms. The first kappa shape index (κ1) is 32.6.